The van der Waals surface area contributed by atoms with E-state index in [0.717, 1.165) is 6.07 Å². The van der Waals surface area contributed by atoms with Gasteiger partial charge in [0.2, 0.25) is 11.7 Å². The molecule has 19 heavy (non-hydrogen) atoms. The topological polar surface area (TPSA) is 52.1 Å². The van der Waals surface area contributed by atoms with E-state index in [1.54, 1.807) is 0 Å². The van der Waals surface area contributed by atoms with Crippen molar-refractivity contribution in [1.29, 1.82) is 0 Å². The lowest BCUT2D eigenvalue weighted by Crippen LogP contribution is -2.10. The van der Waals surface area contributed by atoms with Gasteiger partial charge in [-0.1, -0.05) is 0 Å². The smallest absolute Gasteiger partial charge is 0.233 e. The number of methoxy groups -OCH3 is 1. The van der Waals surface area contributed by atoms with Crippen molar-refractivity contribution in [2.24, 2.45) is 0 Å². The largest absolute Gasteiger partial charge is 0.480 e. The van der Waals surface area contributed by atoms with Crippen LogP contribution in [-0.2, 0) is 0 Å². The predicted octanol–water partition coefficient (Wildman–Crippen LogP) is 2.13. The van der Waals surface area contributed by atoms with Crippen LogP contribution in [0.15, 0.2) is 24.3 Å². The molecule has 0 radical (unpaired) electrons. The first-order valence-corrected chi connectivity index (χ1v) is 5.10. The molecule has 0 saturated carbocycles. The number of halogens is 3. The molecule has 98 valence electrons. The lowest BCUT2D eigenvalue weighted by atomic mass is 10.1. The third-order valence-electron chi connectivity index (χ3n) is 2.36. The SMILES string of the molecule is COc1ccc(C(=O)c2ccc(F)c(F)c2F)nn1. The molecule has 1 aromatic heterocycles. The van der Waals surface area contributed by atoms with Crippen molar-refractivity contribution in [3.05, 3.63) is 53.0 Å². The molecule has 0 N–H and O–H groups in total. The summed E-state index contributed by atoms with van der Waals surface area (Å²) in [5.74, 6) is -5.35. The zero-order valence-corrected chi connectivity index (χ0v) is 9.65. The summed E-state index contributed by atoms with van der Waals surface area (Å²) in [7, 11) is 1.36. The third-order valence-corrected chi connectivity index (χ3v) is 2.36. The van der Waals surface area contributed by atoms with Gasteiger partial charge in [0.15, 0.2) is 17.5 Å². The summed E-state index contributed by atoms with van der Waals surface area (Å²) in [6.07, 6.45) is 0. The molecule has 0 spiro atoms. The number of carbonyl (C=O) groups is 1. The lowest BCUT2D eigenvalue weighted by molar-refractivity contribution is 0.102. The van der Waals surface area contributed by atoms with Crippen molar-refractivity contribution in [2.45, 2.75) is 0 Å². The van der Waals surface area contributed by atoms with E-state index < -0.39 is 28.8 Å². The van der Waals surface area contributed by atoms with Crippen molar-refractivity contribution in [3.8, 4) is 5.88 Å². The molecule has 0 aliphatic rings. The molecule has 0 fully saturated rings. The van der Waals surface area contributed by atoms with Crippen LogP contribution in [0.5, 0.6) is 5.88 Å². The van der Waals surface area contributed by atoms with Gasteiger partial charge in [0.1, 0.15) is 5.69 Å². The van der Waals surface area contributed by atoms with Gasteiger partial charge in [-0.05, 0) is 18.2 Å². The van der Waals surface area contributed by atoms with Crippen LogP contribution in [0.3, 0.4) is 0 Å². The first kappa shape index (κ1) is 13.0. The Morgan fingerprint density at radius 2 is 1.79 bits per heavy atom. The number of hydrogen-bond donors (Lipinski definition) is 0. The molecule has 0 unspecified atom stereocenters. The molecule has 0 bridgehead atoms. The van der Waals surface area contributed by atoms with Crippen LogP contribution < -0.4 is 4.74 Å². The van der Waals surface area contributed by atoms with Crippen molar-refractivity contribution in [3.63, 3.8) is 0 Å². The van der Waals surface area contributed by atoms with E-state index in [1.165, 1.54) is 19.2 Å². The van der Waals surface area contributed by atoms with Gasteiger partial charge in [0.05, 0.1) is 12.7 Å². The molecule has 2 rings (SSSR count). The quantitative estimate of drug-likeness (QED) is 0.632. The van der Waals surface area contributed by atoms with Gasteiger partial charge in [-0.25, -0.2) is 13.2 Å². The Kier molecular flexibility index (Phi) is 3.46. The lowest BCUT2D eigenvalue weighted by Gasteiger charge is -2.03. The van der Waals surface area contributed by atoms with Crippen LogP contribution in [-0.4, -0.2) is 23.1 Å². The fourth-order valence-corrected chi connectivity index (χ4v) is 1.39. The Hall–Kier alpha value is -2.44. The van der Waals surface area contributed by atoms with E-state index >= 15 is 0 Å². The summed E-state index contributed by atoms with van der Waals surface area (Å²) in [6, 6.07) is 4.11. The average molecular weight is 268 g/mol. The predicted molar refractivity (Wildman–Crippen MR) is 58.3 cm³/mol. The second-order valence-corrected chi connectivity index (χ2v) is 3.51. The number of nitrogens with zero attached hydrogens (tertiary/aromatic N) is 2. The average Bonchev–Trinajstić information content (AvgIpc) is 2.44. The molecule has 0 aliphatic carbocycles. The Morgan fingerprint density at radius 3 is 2.37 bits per heavy atom. The van der Waals surface area contributed by atoms with Crippen LogP contribution in [0.25, 0.3) is 0 Å². The highest BCUT2D eigenvalue weighted by Gasteiger charge is 2.21. The van der Waals surface area contributed by atoms with E-state index in [2.05, 4.69) is 10.2 Å². The van der Waals surface area contributed by atoms with E-state index in [-0.39, 0.29) is 11.6 Å². The molecular weight excluding hydrogens is 261 g/mol. The van der Waals surface area contributed by atoms with Crippen molar-refractivity contribution >= 4 is 5.78 Å². The summed E-state index contributed by atoms with van der Waals surface area (Å²) in [5, 5.41) is 7.04. The molecule has 1 aromatic carbocycles. The zero-order valence-electron chi connectivity index (χ0n) is 9.65. The number of hydrogen-bond acceptors (Lipinski definition) is 4. The van der Waals surface area contributed by atoms with Gasteiger partial charge in [-0.2, -0.15) is 0 Å². The summed E-state index contributed by atoms with van der Waals surface area (Å²) < 4.78 is 44.0. The number of carbonyl (C=O) groups excluding carboxylic acids is 1. The zero-order chi connectivity index (χ0) is 14.0. The summed E-state index contributed by atoms with van der Waals surface area (Å²) in [4.78, 5) is 11.9. The Balaban J connectivity index is 2.41. The minimum atomic E-state index is -1.70. The Labute approximate surface area is 105 Å². The number of benzene rings is 1. The monoisotopic (exact) mass is 268 g/mol. The van der Waals surface area contributed by atoms with Gasteiger partial charge < -0.3 is 4.74 Å². The number of aromatic nitrogens is 2. The van der Waals surface area contributed by atoms with Crippen LogP contribution in [0.1, 0.15) is 16.1 Å². The summed E-state index contributed by atoms with van der Waals surface area (Å²) >= 11 is 0. The van der Waals surface area contributed by atoms with Crippen LogP contribution in [0.4, 0.5) is 13.2 Å². The maximum Gasteiger partial charge on any atom is 0.233 e. The highest BCUT2D eigenvalue weighted by molar-refractivity contribution is 6.07. The molecule has 0 aliphatic heterocycles. The van der Waals surface area contributed by atoms with E-state index in [0.29, 0.717) is 6.07 Å². The fraction of sp³-hybridized carbons (Fsp3) is 0.0833. The maximum absolute atomic E-state index is 13.4. The fourth-order valence-electron chi connectivity index (χ4n) is 1.39. The van der Waals surface area contributed by atoms with Crippen molar-refractivity contribution in [1.82, 2.24) is 10.2 Å². The van der Waals surface area contributed by atoms with E-state index in [1.807, 2.05) is 0 Å². The number of ketones is 1. The third kappa shape index (κ3) is 2.40. The van der Waals surface area contributed by atoms with Crippen LogP contribution in [0.2, 0.25) is 0 Å². The summed E-state index contributed by atoms with van der Waals surface area (Å²) in [6.45, 7) is 0. The van der Waals surface area contributed by atoms with E-state index in [4.69, 9.17) is 4.74 Å². The van der Waals surface area contributed by atoms with Crippen molar-refractivity contribution in [2.75, 3.05) is 7.11 Å². The molecule has 4 nitrogen and oxygen atoms in total. The molecule has 2 aromatic rings. The standard InChI is InChI=1S/C12H7F3N2O2/c1-19-9-5-4-8(16-17-9)12(18)6-2-3-7(13)11(15)10(6)14/h2-5H,1H3. The van der Waals surface area contributed by atoms with Crippen molar-refractivity contribution < 1.29 is 22.7 Å². The van der Waals surface area contributed by atoms with Gasteiger partial charge in [0, 0.05) is 6.07 Å². The van der Waals surface area contributed by atoms with Crippen LogP contribution >= 0.6 is 0 Å². The molecule has 0 amide bonds. The highest BCUT2D eigenvalue weighted by Crippen LogP contribution is 2.18. The minimum absolute atomic E-state index is 0.169. The summed E-state index contributed by atoms with van der Waals surface area (Å²) in [5.41, 5.74) is -0.816. The molecule has 7 heteroatoms. The normalized spacial score (nSPS) is 10.3. The van der Waals surface area contributed by atoms with Crippen LogP contribution in [0, 0.1) is 17.5 Å². The Morgan fingerprint density at radius 1 is 1.05 bits per heavy atom. The first-order chi connectivity index (χ1) is 9.04. The molecule has 0 saturated heterocycles. The Bertz CT molecular complexity index is 630. The number of ether oxygens (including phenoxy) is 1. The number of rotatable bonds is 3. The molecule has 0 atom stereocenters. The molecular formula is C12H7F3N2O2. The highest BCUT2D eigenvalue weighted by atomic mass is 19.2. The minimum Gasteiger partial charge on any atom is -0.480 e. The van der Waals surface area contributed by atoms with Gasteiger partial charge >= 0.3 is 0 Å². The second kappa shape index (κ2) is 5.05. The second-order valence-electron chi connectivity index (χ2n) is 3.51. The van der Waals surface area contributed by atoms with E-state index in [9.17, 15) is 18.0 Å². The first-order valence-electron chi connectivity index (χ1n) is 5.10. The van der Waals surface area contributed by atoms with Gasteiger partial charge in [0.25, 0.3) is 0 Å². The van der Waals surface area contributed by atoms with Gasteiger partial charge in [-0.3, -0.25) is 4.79 Å². The maximum atomic E-state index is 13.4. The van der Waals surface area contributed by atoms with Gasteiger partial charge in [-0.15, -0.1) is 10.2 Å². The molecule has 1 heterocycles.